The highest BCUT2D eigenvalue weighted by Crippen LogP contribution is 2.40. The van der Waals surface area contributed by atoms with Crippen LogP contribution < -0.4 is 9.64 Å². The lowest BCUT2D eigenvalue weighted by Crippen LogP contribution is -2.40. The van der Waals surface area contributed by atoms with Gasteiger partial charge in [-0.25, -0.2) is 4.98 Å². The molecule has 0 spiro atoms. The third kappa shape index (κ3) is 3.42. The van der Waals surface area contributed by atoms with Gasteiger partial charge in [-0.05, 0) is 37.8 Å². The Kier molecular flexibility index (Phi) is 5.34. The highest BCUT2D eigenvalue weighted by atomic mass is 35.5. The largest absolute Gasteiger partial charge is 0.494 e. The fourth-order valence-electron chi connectivity index (χ4n) is 3.87. The normalized spacial score (nSPS) is 20.8. The Labute approximate surface area is 162 Å². The number of carbonyl (C=O) groups excluding carboxylic acids is 1. The molecule has 0 N–H and O–H groups in total. The molecule has 1 saturated carbocycles. The number of rotatable bonds is 5. The van der Waals surface area contributed by atoms with Gasteiger partial charge >= 0.3 is 0 Å². The predicted molar refractivity (Wildman–Crippen MR) is 104 cm³/mol. The molecule has 4 rings (SSSR count). The van der Waals surface area contributed by atoms with Crippen LogP contribution in [0.2, 0.25) is 5.02 Å². The summed E-state index contributed by atoms with van der Waals surface area (Å²) in [5.41, 5.74) is 0.719. The van der Waals surface area contributed by atoms with Crippen molar-refractivity contribution in [2.45, 2.75) is 44.6 Å². The summed E-state index contributed by atoms with van der Waals surface area (Å²) in [6.07, 6.45) is 6.32. The van der Waals surface area contributed by atoms with Crippen molar-refractivity contribution in [1.29, 1.82) is 0 Å². The number of anilines is 1. The Bertz CT molecular complexity index is 797. The minimum Gasteiger partial charge on any atom is -0.494 e. The number of nitrogens with zero attached hydrogens (tertiary/aromatic N) is 2. The maximum Gasteiger partial charge on any atom is 0.231 e. The van der Waals surface area contributed by atoms with Gasteiger partial charge in [-0.1, -0.05) is 35.8 Å². The number of fused-ring (bicyclic) bond motifs is 1. The van der Waals surface area contributed by atoms with Gasteiger partial charge in [0.25, 0.3) is 0 Å². The summed E-state index contributed by atoms with van der Waals surface area (Å²) in [6.45, 7) is 1.34. The molecule has 7 heteroatoms. The smallest absolute Gasteiger partial charge is 0.231 e. The highest BCUT2D eigenvalue weighted by molar-refractivity contribution is 7.23. The Morgan fingerprint density at radius 2 is 2.15 bits per heavy atom. The van der Waals surface area contributed by atoms with E-state index in [0.717, 1.165) is 55.3 Å². The minimum absolute atomic E-state index is 0.0877. The van der Waals surface area contributed by atoms with Gasteiger partial charge in [0.05, 0.1) is 29.5 Å². The van der Waals surface area contributed by atoms with Crippen molar-refractivity contribution in [3.63, 3.8) is 0 Å². The minimum atomic E-state index is 0.0877. The maximum absolute atomic E-state index is 13.2. The SMILES string of the molecule is COc1ccc(Cl)c2sc(N(C[C@H]3CCCO3)C(=O)C3CCCC3)nc12. The predicted octanol–water partition coefficient (Wildman–Crippen LogP) is 4.66. The first-order chi connectivity index (χ1) is 12.7. The average molecular weight is 395 g/mol. The van der Waals surface area contributed by atoms with Gasteiger partial charge in [-0.3, -0.25) is 9.69 Å². The van der Waals surface area contributed by atoms with E-state index in [1.165, 1.54) is 11.3 Å². The lowest BCUT2D eigenvalue weighted by atomic mass is 10.1. The number of methoxy groups -OCH3 is 1. The number of thiazole rings is 1. The Morgan fingerprint density at radius 1 is 1.35 bits per heavy atom. The molecule has 1 aliphatic heterocycles. The Morgan fingerprint density at radius 3 is 2.85 bits per heavy atom. The fraction of sp³-hybridized carbons (Fsp3) is 0.579. The van der Waals surface area contributed by atoms with E-state index in [9.17, 15) is 4.79 Å². The van der Waals surface area contributed by atoms with Crippen molar-refractivity contribution < 1.29 is 14.3 Å². The number of halogens is 1. The first-order valence-electron chi connectivity index (χ1n) is 9.23. The molecular weight excluding hydrogens is 372 g/mol. The molecule has 1 aromatic carbocycles. The molecule has 2 fully saturated rings. The molecule has 0 radical (unpaired) electrons. The van der Waals surface area contributed by atoms with Gasteiger partial charge in [0.15, 0.2) is 5.13 Å². The van der Waals surface area contributed by atoms with Crippen LogP contribution in [-0.4, -0.2) is 37.3 Å². The van der Waals surface area contributed by atoms with E-state index in [-0.39, 0.29) is 17.9 Å². The molecular formula is C19H23ClN2O3S. The quantitative estimate of drug-likeness (QED) is 0.740. The van der Waals surface area contributed by atoms with Crippen LogP contribution in [0.5, 0.6) is 5.75 Å². The molecule has 26 heavy (non-hydrogen) atoms. The van der Waals surface area contributed by atoms with Gasteiger partial charge in [-0.15, -0.1) is 0 Å². The molecule has 0 unspecified atom stereocenters. The van der Waals surface area contributed by atoms with Crippen molar-refractivity contribution in [3.8, 4) is 5.75 Å². The zero-order valence-electron chi connectivity index (χ0n) is 14.9. The second kappa shape index (κ2) is 7.71. The molecule has 1 saturated heterocycles. The fourth-order valence-corrected chi connectivity index (χ4v) is 5.14. The van der Waals surface area contributed by atoms with E-state index in [1.54, 1.807) is 7.11 Å². The molecule has 0 bridgehead atoms. The van der Waals surface area contributed by atoms with Crippen molar-refractivity contribution in [2.24, 2.45) is 5.92 Å². The molecule has 2 heterocycles. The van der Waals surface area contributed by atoms with Crippen molar-refractivity contribution in [1.82, 2.24) is 4.98 Å². The van der Waals surface area contributed by atoms with Crippen molar-refractivity contribution >= 4 is 44.2 Å². The summed E-state index contributed by atoms with van der Waals surface area (Å²) in [4.78, 5) is 19.8. The lowest BCUT2D eigenvalue weighted by Gasteiger charge is -2.25. The van der Waals surface area contributed by atoms with E-state index in [1.807, 2.05) is 17.0 Å². The number of hydrogen-bond donors (Lipinski definition) is 0. The number of benzene rings is 1. The molecule has 1 aliphatic carbocycles. The molecule has 140 valence electrons. The summed E-state index contributed by atoms with van der Waals surface area (Å²) < 4.78 is 12.1. The van der Waals surface area contributed by atoms with Crippen LogP contribution in [-0.2, 0) is 9.53 Å². The topological polar surface area (TPSA) is 51.7 Å². The van der Waals surface area contributed by atoms with Crippen LogP contribution in [0.3, 0.4) is 0 Å². The number of aromatic nitrogens is 1. The molecule has 1 amide bonds. The summed E-state index contributed by atoms with van der Waals surface area (Å²) in [7, 11) is 1.62. The third-order valence-corrected chi connectivity index (χ3v) is 6.82. The van der Waals surface area contributed by atoms with Crippen LogP contribution in [0.4, 0.5) is 5.13 Å². The summed E-state index contributed by atoms with van der Waals surface area (Å²) >= 11 is 7.83. The van der Waals surface area contributed by atoms with Crippen LogP contribution in [0.25, 0.3) is 10.2 Å². The Balaban J connectivity index is 1.71. The number of ether oxygens (including phenoxy) is 2. The average Bonchev–Trinajstić information content (AvgIpc) is 3.40. The number of carbonyl (C=O) groups is 1. The monoisotopic (exact) mass is 394 g/mol. The summed E-state index contributed by atoms with van der Waals surface area (Å²) in [5.74, 6) is 0.949. The maximum atomic E-state index is 13.2. The van der Waals surface area contributed by atoms with Gasteiger partial charge in [0.2, 0.25) is 5.91 Å². The van der Waals surface area contributed by atoms with E-state index in [0.29, 0.717) is 22.4 Å². The lowest BCUT2D eigenvalue weighted by molar-refractivity contribution is -0.122. The molecule has 1 aromatic heterocycles. The third-order valence-electron chi connectivity index (χ3n) is 5.28. The van der Waals surface area contributed by atoms with E-state index < -0.39 is 0 Å². The van der Waals surface area contributed by atoms with Crippen LogP contribution >= 0.6 is 22.9 Å². The zero-order valence-corrected chi connectivity index (χ0v) is 16.4. The highest BCUT2D eigenvalue weighted by Gasteiger charge is 2.32. The summed E-state index contributed by atoms with van der Waals surface area (Å²) in [6, 6.07) is 3.63. The van der Waals surface area contributed by atoms with Gasteiger partial charge in [0, 0.05) is 12.5 Å². The zero-order chi connectivity index (χ0) is 18.1. The second-order valence-corrected chi connectivity index (χ2v) is 8.37. The Hall–Kier alpha value is -1.37. The second-order valence-electron chi connectivity index (χ2n) is 6.99. The summed E-state index contributed by atoms with van der Waals surface area (Å²) in [5, 5.41) is 1.33. The first-order valence-corrected chi connectivity index (χ1v) is 10.4. The first kappa shape index (κ1) is 18.0. The van der Waals surface area contributed by atoms with Crippen LogP contribution in [0.15, 0.2) is 12.1 Å². The van der Waals surface area contributed by atoms with E-state index >= 15 is 0 Å². The number of hydrogen-bond acceptors (Lipinski definition) is 5. The van der Waals surface area contributed by atoms with Crippen LogP contribution in [0, 0.1) is 5.92 Å². The van der Waals surface area contributed by atoms with Gasteiger partial charge < -0.3 is 9.47 Å². The van der Waals surface area contributed by atoms with E-state index in [2.05, 4.69) is 0 Å². The van der Waals surface area contributed by atoms with Crippen molar-refractivity contribution in [3.05, 3.63) is 17.2 Å². The molecule has 2 aliphatic rings. The molecule has 2 aromatic rings. The van der Waals surface area contributed by atoms with Crippen LogP contribution in [0.1, 0.15) is 38.5 Å². The number of amides is 1. The van der Waals surface area contributed by atoms with Crippen molar-refractivity contribution in [2.75, 3.05) is 25.2 Å². The van der Waals surface area contributed by atoms with Gasteiger partial charge in [-0.2, -0.15) is 0 Å². The molecule has 1 atom stereocenters. The van der Waals surface area contributed by atoms with Gasteiger partial charge in [0.1, 0.15) is 11.3 Å². The van der Waals surface area contributed by atoms with E-state index in [4.69, 9.17) is 26.1 Å². The standard InChI is InChI=1S/C19H23ClN2O3S/c1-24-15-9-8-14(20)17-16(15)21-19(26-17)22(11-13-7-4-10-25-13)18(23)12-5-2-3-6-12/h8-9,12-13H,2-7,10-11H2,1H3/t13-/m1/s1. The molecule has 5 nitrogen and oxygen atoms in total.